The number of benzene rings is 1. The Morgan fingerprint density at radius 2 is 2.15 bits per heavy atom. The van der Waals surface area contributed by atoms with Crippen LogP contribution in [0.3, 0.4) is 0 Å². The van der Waals surface area contributed by atoms with E-state index in [9.17, 15) is 0 Å². The first-order valence-corrected chi connectivity index (χ1v) is 9.03. The van der Waals surface area contributed by atoms with Crippen LogP contribution in [0.25, 0.3) is 0 Å². The molecule has 1 aromatic carbocycles. The van der Waals surface area contributed by atoms with Crippen LogP contribution >= 0.6 is 11.8 Å². The predicted molar refractivity (Wildman–Crippen MR) is 90.5 cm³/mol. The van der Waals surface area contributed by atoms with Gasteiger partial charge in [-0.2, -0.15) is 11.8 Å². The maximum absolute atomic E-state index is 3.70. The molecule has 0 bridgehead atoms. The summed E-state index contributed by atoms with van der Waals surface area (Å²) in [7, 11) is 2.29. The van der Waals surface area contributed by atoms with E-state index in [1.807, 2.05) is 0 Å². The molecule has 3 heteroatoms. The SMILES string of the molecule is CCCNC(CCN(C)C1CCSC1)c1ccccc1. The molecule has 112 valence electrons. The molecule has 1 aromatic rings. The summed E-state index contributed by atoms with van der Waals surface area (Å²) >= 11 is 2.10. The summed E-state index contributed by atoms with van der Waals surface area (Å²) in [5.74, 6) is 2.65. The summed E-state index contributed by atoms with van der Waals surface area (Å²) in [4.78, 5) is 2.56. The number of rotatable bonds is 8. The van der Waals surface area contributed by atoms with Crippen molar-refractivity contribution in [3.8, 4) is 0 Å². The molecule has 2 rings (SSSR count). The Kier molecular flexibility index (Phi) is 6.91. The molecule has 2 unspecified atom stereocenters. The molecular formula is C17H28N2S. The second kappa shape index (κ2) is 8.71. The number of nitrogens with one attached hydrogen (secondary N) is 1. The Morgan fingerprint density at radius 1 is 1.35 bits per heavy atom. The van der Waals surface area contributed by atoms with Gasteiger partial charge >= 0.3 is 0 Å². The fourth-order valence-corrected chi connectivity index (χ4v) is 4.07. The predicted octanol–water partition coefficient (Wildman–Crippen LogP) is 3.55. The largest absolute Gasteiger partial charge is 0.310 e. The van der Waals surface area contributed by atoms with Gasteiger partial charge in [-0.1, -0.05) is 37.3 Å². The average molecular weight is 292 g/mol. The Labute approximate surface area is 128 Å². The van der Waals surface area contributed by atoms with E-state index in [0.29, 0.717) is 6.04 Å². The van der Waals surface area contributed by atoms with Gasteiger partial charge in [0.05, 0.1) is 0 Å². The molecule has 20 heavy (non-hydrogen) atoms. The number of hydrogen-bond donors (Lipinski definition) is 1. The molecule has 1 saturated heterocycles. The first kappa shape index (κ1) is 15.9. The lowest BCUT2D eigenvalue weighted by molar-refractivity contribution is 0.246. The molecule has 0 amide bonds. The van der Waals surface area contributed by atoms with Gasteiger partial charge in [0, 0.05) is 17.8 Å². The summed E-state index contributed by atoms with van der Waals surface area (Å²) in [5.41, 5.74) is 1.43. The molecule has 0 aliphatic carbocycles. The molecule has 0 spiro atoms. The second-order valence-electron chi connectivity index (χ2n) is 5.70. The van der Waals surface area contributed by atoms with Gasteiger partial charge in [0.15, 0.2) is 0 Å². The van der Waals surface area contributed by atoms with Crippen molar-refractivity contribution in [3.05, 3.63) is 35.9 Å². The molecule has 0 saturated carbocycles. The minimum atomic E-state index is 0.493. The third-order valence-corrected chi connectivity index (χ3v) is 5.29. The fourth-order valence-electron chi connectivity index (χ4n) is 2.78. The van der Waals surface area contributed by atoms with Gasteiger partial charge in [0.2, 0.25) is 0 Å². The minimum Gasteiger partial charge on any atom is -0.310 e. The van der Waals surface area contributed by atoms with Crippen LogP contribution in [0, 0.1) is 0 Å². The first-order valence-electron chi connectivity index (χ1n) is 7.87. The van der Waals surface area contributed by atoms with Crippen LogP contribution < -0.4 is 5.32 Å². The van der Waals surface area contributed by atoms with Gasteiger partial charge < -0.3 is 10.2 Å². The summed E-state index contributed by atoms with van der Waals surface area (Å²) in [6.45, 7) is 4.51. The van der Waals surface area contributed by atoms with Crippen LogP contribution in [0.5, 0.6) is 0 Å². The lowest BCUT2D eigenvalue weighted by Gasteiger charge is -2.27. The van der Waals surface area contributed by atoms with Crippen molar-refractivity contribution in [2.24, 2.45) is 0 Å². The van der Waals surface area contributed by atoms with E-state index in [1.54, 1.807) is 0 Å². The van der Waals surface area contributed by atoms with E-state index in [0.717, 1.165) is 12.6 Å². The molecule has 1 aliphatic rings. The standard InChI is InChI=1S/C17H28N2S/c1-3-11-18-17(15-7-5-4-6-8-15)9-12-19(2)16-10-13-20-14-16/h4-8,16-18H,3,9-14H2,1-2H3. The molecule has 0 radical (unpaired) electrons. The van der Waals surface area contributed by atoms with E-state index in [4.69, 9.17) is 0 Å². The van der Waals surface area contributed by atoms with Gasteiger partial charge in [-0.25, -0.2) is 0 Å². The quantitative estimate of drug-likeness (QED) is 0.789. The molecule has 1 aliphatic heterocycles. The van der Waals surface area contributed by atoms with Gasteiger partial charge in [-0.15, -0.1) is 0 Å². The zero-order chi connectivity index (χ0) is 14.2. The summed E-state index contributed by atoms with van der Waals surface area (Å²) in [5, 5.41) is 3.70. The lowest BCUT2D eigenvalue weighted by Crippen LogP contribution is -2.34. The van der Waals surface area contributed by atoms with Crippen molar-refractivity contribution in [2.75, 3.05) is 31.6 Å². The maximum atomic E-state index is 3.70. The van der Waals surface area contributed by atoms with Gasteiger partial charge in [0.25, 0.3) is 0 Å². The molecule has 1 heterocycles. The monoisotopic (exact) mass is 292 g/mol. The van der Waals surface area contributed by atoms with Crippen molar-refractivity contribution < 1.29 is 0 Å². The average Bonchev–Trinajstić information content (AvgIpc) is 3.02. The molecule has 2 nitrogen and oxygen atoms in total. The maximum Gasteiger partial charge on any atom is 0.0332 e. The first-order chi connectivity index (χ1) is 9.81. The molecule has 2 atom stereocenters. The second-order valence-corrected chi connectivity index (χ2v) is 6.85. The third kappa shape index (κ3) is 4.80. The molecular weight excluding hydrogens is 264 g/mol. The van der Waals surface area contributed by atoms with E-state index in [2.05, 4.69) is 66.3 Å². The van der Waals surface area contributed by atoms with Crippen molar-refractivity contribution in [2.45, 2.75) is 38.3 Å². The summed E-state index contributed by atoms with van der Waals surface area (Å²) in [6, 6.07) is 12.2. The summed E-state index contributed by atoms with van der Waals surface area (Å²) < 4.78 is 0. The lowest BCUT2D eigenvalue weighted by atomic mass is 10.0. The zero-order valence-corrected chi connectivity index (χ0v) is 13.7. The molecule has 1 N–H and O–H groups in total. The van der Waals surface area contributed by atoms with Crippen LogP contribution in [0.4, 0.5) is 0 Å². The van der Waals surface area contributed by atoms with E-state index >= 15 is 0 Å². The Bertz CT molecular complexity index is 363. The normalized spacial score (nSPS) is 20.4. The van der Waals surface area contributed by atoms with Crippen molar-refractivity contribution >= 4 is 11.8 Å². The van der Waals surface area contributed by atoms with E-state index in [1.165, 1.54) is 42.9 Å². The van der Waals surface area contributed by atoms with Crippen LogP contribution in [0.15, 0.2) is 30.3 Å². The Hall–Kier alpha value is -0.510. The number of thioether (sulfide) groups is 1. The minimum absolute atomic E-state index is 0.493. The number of nitrogens with zero attached hydrogens (tertiary/aromatic N) is 1. The van der Waals surface area contributed by atoms with Crippen molar-refractivity contribution in [1.82, 2.24) is 10.2 Å². The van der Waals surface area contributed by atoms with Gasteiger partial charge in [-0.05, 0) is 50.7 Å². The molecule has 0 aromatic heterocycles. The van der Waals surface area contributed by atoms with Crippen molar-refractivity contribution in [3.63, 3.8) is 0 Å². The van der Waals surface area contributed by atoms with Gasteiger partial charge in [0.1, 0.15) is 0 Å². The number of hydrogen-bond acceptors (Lipinski definition) is 3. The van der Waals surface area contributed by atoms with E-state index < -0.39 is 0 Å². The highest BCUT2D eigenvalue weighted by Gasteiger charge is 2.20. The highest BCUT2D eigenvalue weighted by Crippen LogP contribution is 2.23. The van der Waals surface area contributed by atoms with Crippen LogP contribution in [-0.4, -0.2) is 42.6 Å². The van der Waals surface area contributed by atoms with Crippen LogP contribution in [0.1, 0.15) is 37.8 Å². The highest BCUT2D eigenvalue weighted by atomic mass is 32.2. The Morgan fingerprint density at radius 3 is 2.80 bits per heavy atom. The van der Waals surface area contributed by atoms with Crippen LogP contribution in [-0.2, 0) is 0 Å². The fraction of sp³-hybridized carbons (Fsp3) is 0.647. The van der Waals surface area contributed by atoms with Crippen molar-refractivity contribution in [1.29, 1.82) is 0 Å². The van der Waals surface area contributed by atoms with Gasteiger partial charge in [-0.3, -0.25) is 0 Å². The topological polar surface area (TPSA) is 15.3 Å². The zero-order valence-electron chi connectivity index (χ0n) is 12.8. The molecule has 1 fully saturated rings. The van der Waals surface area contributed by atoms with E-state index in [-0.39, 0.29) is 0 Å². The highest BCUT2D eigenvalue weighted by molar-refractivity contribution is 7.99. The van der Waals surface area contributed by atoms with Crippen LogP contribution in [0.2, 0.25) is 0 Å². The Balaban J connectivity index is 1.87. The smallest absolute Gasteiger partial charge is 0.0332 e. The third-order valence-electron chi connectivity index (χ3n) is 4.14. The summed E-state index contributed by atoms with van der Waals surface area (Å²) in [6.07, 6.45) is 3.75.